The Morgan fingerprint density at radius 1 is 1.00 bits per heavy atom. The van der Waals surface area contributed by atoms with Gasteiger partial charge < -0.3 is 32.1 Å². The molecule has 0 aromatic heterocycles. The lowest BCUT2D eigenvalue weighted by atomic mass is 10.0. The largest absolute Gasteiger partial charge is 0.395 e. The van der Waals surface area contributed by atoms with Crippen LogP contribution in [0.15, 0.2) is 0 Å². The van der Waals surface area contributed by atoms with Crippen LogP contribution in [0.4, 0.5) is 4.79 Å². The van der Waals surface area contributed by atoms with E-state index in [9.17, 15) is 29.1 Å². The predicted octanol–water partition coefficient (Wildman–Crippen LogP) is -0.447. The smallest absolute Gasteiger partial charge is 0.312 e. The molecular weight excluding hydrogens is 476 g/mol. The van der Waals surface area contributed by atoms with E-state index < -0.39 is 40.7 Å². The van der Waals surface area contributed by atoms with Crippen LogP contribution in [0.25, 0.3) is 0 Å². The van der Waals surface area contributed by atoms with E-state index in [0.29, 0.717) is 12.8 Å². The van der Waals surface area contributed by atoms with Gasteiger partial charge in [0.15, 0.2) is 5.78 Å². The van der Waals surface area contributed by atoms with E-state index in [-0.39, 0.29) is 43.6 Å². The molecule has 3 atom stereocenters. The molecule has 3 unspecified atom stereocenters. The lowest BCUT2D eigenvalue weighted by Gasteiger charge is -2.25. The van der Waals surface area contributed by atoms with Crippen molar-refractivity contribution in [3.8, 4) is 0 Å². The second kappa shape index (κ2) is 16.3. The molecule has 13 heteroatoms. The van der Waals surface area contributed by atoms with E-state index in [1.807, 2.05) is 0 Å². The number of likely N-dealkylation sites (N-methyl/N-ethyl adjacent to an activating group) is 1. The molecule has 0 aromatic rings. The first-order chi connectivity index (χ1) is 16.2. The molecule has 0 aliphatic rings. The third-order valence-electron chi connectivity index (χ3n) is 5.18. The molecule has 0 spiro atoms. The molecule has 8 N–H and O–H groups in total. The summed E-state index contributed by atoms with van der Waals surface area (Å²) in [5, 5.41) is 20.0. The first-order valence-corrected chi connectivity index (χ1v) is 12.4. The summed E-state index contributed by atoms with van der Waals surface area (Å²) in [6, 6.07) is -2.92. The summed E-state index contributed by atoms with van der Waals surface area (Å²) in [6.45, 7) is 8.63. The molecule has 35 heavy (non-hydrogen) atoms. The molecule has 0 radical (unpaired) electrons. The van der Waals surface area contributed by atoms with Crippen molar-refractivity contribution in [3.63, 3.8) is 0 Å². The molecule has 0 bridgehead atoms. The molecule has 0 aromatic carbocycles. The summed E-state index contributed by atoms with van der Waals surface area (Å²) in [5.41, 5.74) is 5.01. The van der Waals surface area contributed by atoms with Gasteiger partial charge in [-0.3, -0.25) is 23.9 Å². The molecule has 0 heterocycles. The Hall–Kier alpha value is -2.38. The summed E-state index contributed by atoms with van der Waals surface area (Å²) in [4.78, 5) is 60.5. The first-order valence-electron chi connectivity index (χ1n) is 11.6. The number of carbonyl (C=O) groups excluding carboxylic acids is 5. The van der Waals surface area contributed by atoms with Gasteiger partial charge in [0.05, 0.1) is 23.4 Å². The Kier molecular flexibility index (Phi) is 15.2. The van der Waals surface area contributed by atoms with Crippen LogP contribution < -0.4 is 31.7 Å². The van der Waals surface area contributed by atoms with Gasteiger partial charge in [0.1, 0.15) is 6.04 Å². The maximum absolute atomic E-state index is 12.8. The molecule has 0 saturated carbocycles. The van der Waals surface area contributed by atoms with Crippen LogP contribution in [-0.4, -0.2) is 77.7 Å². The third-order valence-corrected chi connectivity index (χ3v) is 6.16. The summed E-state index contributed by atoms with van der Waals surface area (Å²) in [7, 11) is 1.61. The van der Waals surface area contributed by atoms with E-state index in [1.165, 1.54) is 6.92 Å². The number of rotatable bonds is 17. The summed E-state index contributed by atoms with van der Waals surface area (Å²) >= 11 is 1.10. The third kappa shape index (κ3) is 13.9. The quantitative estimate of drug-likeness (QED) is 0.0994. The number of aliphatic hydroxyl groups is 1. The minimum Gasteiger partial charge on any atom is -0.395 e. The van der Waals surface area contributed by atoms with Gasteiger partial charge in [0.2, 0.25) is 17.7 Å². The van der Waals surface area contributed by atoms with E-state index in [0.717, 1.165) is 11.9 Å². The highest BCUT2D eigenvalue weighted by Crippen LogP contribution is 2.20. The number of nitrogens with two attached hydrogens (primary N) is 1. The normalized spacial score (nSPS) is 13.9. The summed E-state index contributed by atoms with van der Waals surface area (Å²) in [5.74, 6) is -1.69. The topological polar surface area (TPSA) is 192 Å². The Bertz CT molecular complexity index is 733. The molecule has 0 aliphatic carbocycles. The molecule has 202 valence electrons. The number of Topliss-reactive ketones (excluding diaryl/α,β-unsaturated/α-hetero) is 1. The van der Waals surface area contributed by atoms with Gasteiger partial charge in [-0.05, 0) is 64.9 Å². The Labute approximate surface area is 211 Å². The highest BCUT2D eigenvalue weighted by Gasteiger charge is 2.28. The average molecular weight is 519 g/mol. The van der Waals surface area contributed by atoms with E-state index in [4.69, 9.17) is 5.73 Å². The molecular formula is C22H42N6O6S. The number of urea groups is 1. The number of aliphatic hydroxyl groups excluding tert-OH is 1. The number of ketones is 1. The lowest BCUT2D eigenvalue weighted by Crippen LogP contribution is -2.53. The summed E-state index contributed by atoms with van der Waals surface area (Å²) < 4.78 is 2.14. The average Bonchev–Trinajstić information content (AvgIpc) is 2.77. The van der Waals surface area contributed by atoms with E-state index in [2.05, 4.69) is 26.0 Å². The molecule has 5 amide bonds. The van der Waals surface area contributed by atoms with Crippen molar-refractivity contribution >= 4 is 41.5 Å². The summed E-state index contributed by atoms with van der Waals surface area (Å²) in [6.07, 6.45) is 0.944. The van der Waals surface area contributed by atoms with Gasteiger partial charge in [0.25, 0.3) is 0 Å². The van der Waals surface area contributed by atoms with Crippen molar-refractivity contribution < 1.29 is 29.1 Å². The van der Waals surface area contributed by atoms with Crippen molar-refractivity contribution in [1.82, 2.24) is 26.0 Å². The van der Waals surface area contributed by atoms with Crippen LogP contribution >= 0.6 is 11.9 Å². The fraction of sp³-hybridized carbons (Fsp3) is 0.773. The number of hydrogen-bond acceptors (Lipinski definition) is 8. The zero-order chi connectivity index (χ0) is 27.2. The van der Waals surface area contributed by atoms with Crippen LogP contribution in [0.1, 0.15) is 60.3 Å². The van der Waals surface area contributed by atoms with Crippen molar-refractivity contribution in [2.75, 3.05) is 20.2 Å². The number of primary amides is 1. The van der Waals surface area contributed by atoms with Gasteiger partial charge >= 0.3 is 6.03 Å². The van der Waals surface area contributed by atoms with Crippen LogP contribution in [0, 0.1) is 5.92 Å². The van der Waals surface area contributed by atoms with Crippen molar-refractivity contribution in [2.24, 2.45) is 11.7 Å². The highest BCUT2D eigenvalue weighted by atomic mass is 32.2. The van der Waals surface area contributed by atoms with E-state index >= 15 is 0 Å². The Morgan fingerprint density at radius 2 is 1.63 bits per heavy atom. The standard InChI is InChI=1S/C22H42N6O6S/c1-13(2)18(20(33)26-15(14(3)30)8-7-11-25-21(23)34)27-17(31)10-9-16(24-6)19(32)28-35-22(4,5)12-29/h13,15-16,18,24,29H,7-12H2,1-6H3,(H,26,33)(H,27,31)(H,28,32)(H3,23,25,34). The Morgan fingerprint density at radius 3 is 2.11 bits per heavy atom. The number of hydrogen-bond donors (Lipinski definition) is 7. The number of nitrogens with one attached hydrogen (secondary N) is 5. The van der Waals surface area contributed by atoms with Crippen LogP contribution in [0.3, 0.4) is 0 Å². The zero-order valence-electron chi connectivity index (χ0n) is 21.5. The van der Waals surface area contributed by atoms with Crippen molar-refractivity contribution in [2.45, 2.75) is 83.2 Å². The van der Waals surface area contributed by atoms with Crippen LogP contribution in [0.5, 0.6) is 0 Å². The fourth-order valence-electron chi connectivity index (χ4n) is 2.91. The van der Waals surface area contributed by atoms with Gasteiger partial charge in [-0.2, -0.15) is 0 Å². The molecule has 0 saturated heterocycles. The monoisotopic (exact) mass is 518 g/mol. The van der Waals surface area contributed by atoms with Gasteiger partial charge in [-0.15, -0.1) is 0 Å². The minimum atomic E-state index is -0.865. The minimum absolute atomic E-state index is 0.00158. The maximum Gasteiger partial charge on any atom is 0.312 e. The number of amides is 5. The van der Waals surface area contributed by atoms with Gasteiger partial charge in [0, 0.05) is 13.0 Å². The highest BCUT2D eigenvalue weighted by molar-refractivity contribution is 7.99. The van der Waals surface area contributed by atoms with Crippen LogP contribution in [0.2, 0.25) is 0 Å². The van der Waals surface area contributed by atoms with E-state index in [1.54, 1.807) is 34.7 Å². The molecule has 0 aliphatic heterocycles. The molecule has 0 rings (SSSR count). The lowest BCUT2D eigenvalue weighted by molar-refractivity contribution is -0.132. The van der Waals surface area contributed by atoms with Crippen molar-refractivity contribution in [3.05, 3.63) is 0 Å². The Balaban J connectivity index is 4.88. The second-order valence-electron chi connectivity index (χ2n) is 9.26. The van der Waals surface area contributed by atoms with Gasteiger partial charge in [-0.25, -0.2) is 4.79 Å². The first kappa shape index (κ1) is 32.6. The number of carbonyl (C=O) groups is 5. The molecule has 12 nitrogen and oxygen atoms in total. The SMILES string of the molecule is CNC(CCC(=O)NC(C(=O)NC(CCCNC(N)=O)C(C)=O)C(C)C)C(=O)NSC(C)(C)CO. The zero-order valence-corrected chi connectivity index (χ0v) is 22.3. The van der Waals surface area contributed by atoms with Crippen LogP contribution in [-0.2, 0) is 19.2 Å². The molecule has 0 fully saturated rings. The van der Waals surface area contributed by atoms with Crippen molar-refractivity contribution in [1.29, 1.82) is 0 Å². The fourth-order valence-corrected chi connectivity index (χ4v) is 3.49. The predicted molar refractivity (Wildman–Crippen MR) is 135 cm³/mol. The second-order valence-corrected chi connectivity index (χ2v) is 10.8. The van der Waals surface area contributed by atoms with Gasteiger partial charge in [-0.1, -0.05) is 13.8 Å². The maximum atomic E-state index is 12.8.